The van der Waals surface area contributed by atoms with Crippen LogP contribution in [0.15, 0.2) is 30.6 Å². The summed E-state index contributed by atoms with van der Waals surface area (Å²) in [7, 11) is 1.44. The summed E-state index contributed by atoms with van der Waals surface area (Å²) in [5, 5.41) is 0. The Hall–Kier alpha value is -2.37. The highest BCUT2D eigenvalue weighted by atomic mass is 19.1. The Kier molecular flexibility index (Phi) is 3.79. The first-order valence-electron chi connectivity index (χ1n) is 5.43. The van der Waals surface area contributed by atoms with E-state index in [9.17, 15) is 13.6 Å². The lowest BCUT2D eigenvalue weighted by Gasteiger charge is -2.04. The Balaban J connectivity index is 2.20. The summed E-state index contributed by atoms with van der Waals surface area (Å²) >= 11 is 0. The minimum atomic E-state index is -0.883. The lowest BCUT2D eigenvalue weighted by atomic mass is 10.1. The van der Waals surface area contributed by atoms with E-state index in [0.29, 0.717) is 17.6 Å². The zero-order chi connectivity index (χ0) is 13.8. The van der Waals surface area contributed by atoms with Crippen molar-refractivity contribution in [2.45, 2.75) is 6.42 Å². The molecular weight excluding hydrogens is 254 g/mol. The van der Waals surface area contributed by atoms with Crippen LogP contribution < -0.4 is 4.74 Å². The molecule has 1 heterocycles. The molecule has 0 N–H and O–H groups in total. The number of aromatic nitrogens is 2. The molecule has 2 rings (SSSR count). The maximum atomic E-state index is 13.4. The quantitative estimate of drug-likeness (QED) is 0.794. The molecule has 0 aliphatic heterocycles. The number of methoxy groups -OCH3 is 1. The van der Waals surface area contributed by atoms with Crippen molar-refractivity contribution in [1.29, 1.82) is 0 Å². The third-order valence-electron chi connectivity index (χ3n) is 2.48. The molecule has 19 heavy (non-hydrogen) atoms. The molecule has 0 atom stereocenters. The molecule has 0 aliphatic rings. The Morgan fingerprint density at radius 2 is 2.05 bits per heavy atom. The van der Waals surface area contributed by atoms with Crippen molar-refractivity contribution in [1.82, 2.24) is 9.97 Å². The van der Waals surface area contributed by atoms with E-state index >= 15 is 0 Å². The summed E-state index contributed by atoms with van der Waals surface area (Å²) in [6.45, 7) is 0. The maximum absolute atomic E-state index is 13.4. The number of carbonyl (C=O) groups is 1. The van der Waals surface area contributed by atoms with Crippen molar-refractivity contribution in [2.75, 3.05) is 7.11 Å². The molecule has 98 valence electrons. The number of carbonyl (C=O) groups excluding carboxylic acids is 1. The molecule has 0 amide bonds. The van der Waals surface area contributed by atoms with Gasteiger partial charge in [-0.2, -0.15) is 0 Å². The summed E-state index contributed by atoms with van der Waals surface area (Å²) in [5.74, 6) is -1.78. The van der Waals surface area contributed by atoms with Crippen LogP contribution in [0.5, 0.6) is 5.88 Å². The smallest absolute Gasteiger partial charge is 0.216 e. The molecule has 0 spiro atoms. The fourth-order valence-electron chi connectivity index (χ4n) is 1.56. The maximum Gasteiger partial charge on any atom is 0.216 e. The zero-order valence-electron chi connectivity index (χ0n) is 10.1. The third kappa shape index (κ3) is 3.09. The van der Waals surface area contributed by atoms with E-state index in [4.69, 9.17) is 4.74 Å². The van der Waals surface area contributed by atoms with Gasteiger partial charge in [0, 0.05) is 12.1 Å². The number of ketones is 1. The van der Waals surface area contributed by atoms with Crippen LogP contribution in [0.4, 0.5) is 8.78 Å². The van der Waals surface area contributed by atoms with Gasteiger partial charge < -0.3 is 4.74 Å². The molecule has 0 saturated heterocycles. The van der Waals surface area contributed by atoms with Gasteiger partial charge in [-0.25, -0.2) is 18.7 Å². The van der Waals surface area contributed by atoms with Crippen molar-refractivity contribution in [2.24, 2.45) is 0 Å². The second kappa shape index (κ2) is 5.51. The highest BCUT2D eigenvalue weighted by Gasteiger charge is 2.14. The van der Waals surface area contributed by atoms with Crippen LogP contribution in [0, 0.1) is 11.6 Å². The van der Waals surface area contributed by atoms with Crippen molar-refractivity contribution in [3.8, 4) is 5.88 Å². The van der Waals surface area contributed by atoms with E-state index in [2.05, 4.69) is 9.97 Å². The van der Waals surface area contributed by atoms with E-state index in [1.807, 2.05) is 0 Å². The molecule has 6 heteroatoms. The second-order valence-corrected chi connectivity index (χ2v) is 3.78. The van der Waals surface area contributed by atoms with Gasteiger partial charge in [-0.15, -0.1) is 0 Å². The van der Waals surface area contributed by atoms with Gasteiger partial charge in [0.05, 0.1) is 24.8 Å². The van der Waals surface area contributed by atoms with E-state index in [1.165, 1.54) is 19.5 Å². The predicted octanol–water partition coefficient (Wildman–Crippen LogP) is 2.19. The van der Waals surface area contributed by atoms with Crippen LogP contribution in [-0.2, 0) is 6.42 Å². The first kappa shape index (κ1) is 13.1. The van der Waals surface area contributed by atoms with Crippen LogP contribution in [0.25, 0.3) is 0 Å². The SMILES string of the molecule is COc1cc(CC(=O)c2ccc(F)cc2F)ncn1. The molecule has 1 aromatic carbocycles. The molecule has 4 nitrogen and oxygen atoms in total. The molecule has 0 radical (unpaired) electrons. The summed E-state index contributed by atoms with van der Waals surface area (Å²) in [6, 6.07) is 4.31. The number of hydrogen-bond donors (Lipinski definition) is 0. The van der Waals surface area contributed by atoms with Crippen molar-refractivity contribution in [3.05, 3.63) is 53.5 Å². The number of halogens is 2. The Bertz CT molecular complexity index is 617. The second-order valence-electron chi connectivity index (χ2n) is 3.78. The van der Waals surface area contributed by atoms with Gasteiger partial charge in [-0.05, 0) is 12.1 Å². The van der Waals surface area contributed by atoms with Crippen LogP contribution in [0.3, 0.4) is 0 Å². The normalized spacial score (nSPS) is 10.3. The van der Waals surface area contributed by atoms with E-state index in [1.54, 1.807) is 0 Å². The van der Waals surface area contributed by atoms with Crippen LogP contribution in [0.2, 0.25) is 0 Å². The molecule has 1 aromatic heterocycles. The van der Waals surface area contributed by atoms with Crippen LogP contribution >= 0.6 is 0 Å². The first-order valence-corrected chi connectivity index (χ1v) is 5.43. The Labute approximate surface area is 108 Å². The standard InChI is InChI=1S/C13H10F2N2O2/c1-19-13-6-9(16-7-17-13)5-12(18)10-3-2-8(14)4-11(10)15/h2-4,6-7H,5H2,1H3. The van der Waals surface area contributed by atoms with Gasteiger partial charge in [0.2, 0.25) is 5.88 Å². The monoisotopic (exact) mass is 264 g/mol. The third-order valence-corrected chi connectivity index (χ3v) is 2.48. The fraction of sp³-hybridized carbons (Fsp3) is 0.154. The Morgan fingerprint density at radius 1 is 1.26 bits per heavy atom. The fourth-order valence-corrected chi connectivity index (χ4v) is 1.56. The molecular formula is C13H10F2N2O2. The highest BCUT2D eigenvalue weighted by Crippen LogP contribution is 2.13. The number of ether oxygens (including phenoxy) is 1. The Morgan fingerprint density at radius 3 is 2.74 bits per heavy atom. The average molecular weight is 264 g/mol. The molecule has 0 saturated carbocycles. The molecule has 2 aromatic rings. The zero-order valence-corrected chi connectivity index (χ0v) is 10.1. The van der Waals surface area contributed by atoms with Crippen LogP contribution in [-0.4, -0.2) is 22.9 Å². The average Bonchev–Trinajstić information content (AvgIpc) is 2.38. The summed E-state index contributed by atoms with van der Waals surface area (Å²) in [5.41, 5.74) is 0.236. The van der Waals surface area contributed by atoms with Gasteiger partial charge in [0.1, 0.15) is 18.0 Å². The lowest BCUT2D eigenvalue weighted by Crippen LogP contribution is -2.08. The largest absolute Gasteiger partial charge is 0.481 e. The summed E-state index contributed by atoms with van der Waals surface area (Å²) in [6.07, 6.45) is 1.14. The topological polar surface area (TPSA) is 52.1 Å². The molecule has 0 unspecified atom stereocenters. The van der Waals surface area contributed by atoms with Gasteiger partial charge in [-0.1, -0.05) is 0 Å². The van der Waals surface area contributed by atoms with E-state index in [-0.39, 0.29) is 12.0 Å². The van der Waals surface area contributed by atoms with Crippen molar-refractivity contribution in [3.63, 3.8) is 0 Å². The van der Waals surface area contributed by atoms with Crippen molar-refractivity contribution < 1.29 is 18.3 Å². The predicted molar refractivity (Wildman–Crippen MR) is 63.0 cm³/mol. The number of hydrogen-bond acceptors (Lipinski definition) is 4. The van der Waals surface area contributed by atoms with E-state index < -0.39 is 17.4 Å². The minimum absolute atomic E-state index is 0.110. The number of rotatable bonds is 4. The molecule has 0 bridgehead atoms. The van der Waals surface area contributed by atoms with E-state index in [0.717, 1.165) is 12.1 Å². The number of nitrogens with zero attached hydrogens (tertiary/aromatic N) is 2. The lowest BCUT2D eigenvalue weighted by molar-refractivity contribution is 0.0988. The van der Waals surface area contributed by atoms with Crippen molar-refractivity contribution >= 4 is 5.78 Å². The summed E-state index contributed by atoms with van der Waals surface area (Å²) in [4.78, 5) is 19.6. The first-order chi connectivity index (χ1) is 9.10. The van der Waals surface area contributed by atoms with Gasteiger partial charge in [0.15, 0.2) is 5.78 Å². The van der Waals surface area contributed by atoms with Gasteiger partial charge in [0.25, 0.3) is 0 Å². The van der Waals surface area contributed by atoms with Crippen LogP contribution in [0.1, 0.15) is 16.1 Å². The summed E-state index contributed by atoms with van der Waals surface area (Å²) < 4.78 is 31.1. The number of benzene rings is 1. The molecule has 0 fully saturated rings. The minimum Gasteiger partial charge on any atom is -0.481 e. The van der Waals surface area contributed by atoms with Gasteiger partial charge >= 0.3 is 0 Å². The highest BCUT2D eigenvalue weighted by molar-refractivity contribution is 5.97. The number of Topliss-reactive ketones (excluding diaryl/α,β-unsaturated/α-hetero) is 1. The van der Waals surface area contributed by atoms with Gasteiger partial charge in [-0.3, -0.25) is 4.79 Å². The molecule has 0 aliphatic carbocycles.